The molecule has 0 atom stereocenters. The van der Waals surface area contributed by atoms with Crippen LogP contribution in [-0.4, -0.2) is 4.92 Å². The highest BCUT2D eigenvalue weighted by atomic mass is 79.9. The molecular weight excluding hydrogens is 343 g/mol. The maximum Gasteiger partial charge on any atom is 0.272 e. The van der Waals surface area contributed by atoms with Gasteiger partial charge in [-0.05, 0) is 45.3 Å². The number of hydrogen-bond donors (Lipinski definition) is 1. The fourth-order valence-corrected chi connectivity index (χ4v) is 2.31. The zero-order chi connectivity index (χ0) is 15.4. The predicted octanol–water partition coefficient (Wildman–Crippen LogP) is 3.53. The first-order valence-corrected chi connectivity index (χ1v) is 6.84. The Labute approximate surface area is 128 Å². The van der Waals surface area contributed by atoms with E-state index in [-0.39, 0.29) is 12.3 Å². The van der Waals surface area contributed by atoms with Crippen LogP contribution in [0.15, 0.2) is 40.9 Å². The Bertz CT molecular complexity index is 679. The van der Waals surface area contributed by atoms with E-state index in [4.69, 9.17) is 10.5 Å². The molecule has 0 heterocycles. The van der Waals surface area contributed by atoms with E-state index in [1.165, 1.54) is 12.1 Å². The average Bonchev–Trinajstić information content (AvgIpc) is 2.45. The molecule has 0 saturated heterocycles. The van der Waals surface area contributed by atoms with Crippen LogP contribution < -0.4 is 10.5 Å². The lowest BCUT2D eigenvalue weighted by atomic mass is 10.2. The molecule has 0 bridgehead atoms. The maximum atomic E-state index is 13.3. The van der Waals surface area contributed by atoms with Gasteiger partial charge in [0.25, 0.3) is 5.69 Å². The topological polar surface area (TPSA) is 78.4 Å². The van der Waals surface area contributed by atoms with Gasteiger partial charge in [-0.1, -0.05) is 6.07 Å². The van der Waals surface area contributed by atoms with E-state index in [1.807, 2.05) is 12.1 Å². The minimum absolute atomic E-state index is 0.0270. The van der Waals surface area contributed by atoms with Crippen LogP contribution in [0.25, 0.3) is 0 Å². The molecule has 2 N–H and O–H groups in total. The summed E-state index contributed by atoms with van der Waals surface area (Å²) in [5, 5.41) is 10.7. The lowest BCUT2D eigenvalue weighted by Crippen LogP contribution is -2.00. The van der Waals surface area contributed by atoms with E-state index in [2.05, 4.69) is 15.9 Å². The maximum absolute atomic E-state index is 13.3. The summed E-state index contributed by atoms with van der Waals surface area (Å²) >= 11 is 3.35. The first-order valence-electron chi connectivity index (χ1n) is 6.04. The SMILES string of the molecule is NCc1ccc(OCc2cc(F)cc([N+](=O)[O-])c2)c(Br)c1. The van der Waals surface area contributed by atoms with Crippen molar-refractivity contribution in [2.24, 2.45) is 5.73 Å². The van der Waals surface area contributed by atoms with Crippen LogP contribution >= 0.6 is 15.9 Å². The highest BCUT2D eigenvalue weighted by molar-refractivity contribution is 9.10. The van der Waals surface area contributed by atoms with Crippen molar-refractivity contribution < 1.29 is 14.1 Å². The highest BCUT2D eigenvalue weighted by Gasteiger charge is 2.11. The molecule has 2 aromatic rings. The standard InChI is InChI=1S/C14H12BrFN2O3/c15-13-5-9(7-17)1-2-14(13)21-8-10-3-11(16)6-12(4-10)18(19)20/h1-6H,7-8,17H2. The molecule has 2 rings (SSSR count). The first-order chi connectivity index (χ1) is 9.99. The molecule has 0 saturated carbocycles. The van der Waals surface area contributed by atoms with Crippen LogP contribution in [0.3, 0.4) is 0 Å². The third kappa shape index (κ3) is 3.99. The van der Waals surface area contributed by atoms with Gasteiger partial charge in [-0.2, -0.15) is 0 Å². The van der Waals surface area contributed by atoms with E-state index >= 15 is 0 Å². The van der Waals surface area contributed by atoms with E-state index in [0.717, 1.165) is 16.1 Å². The van der Waals surface area contributed by atoms with Crippen LogP contribution in [0.4, 0.5) is 10.1 Å². The number of benzene rings is 2. The third-order valence-corrected chi connectivity index (χ3v) is 3.40. The molecule has 0 aliphatic rings. The lowest BCUT2D eigenvalue weighted by molar-refractivity contribution is -0.385. The predicted molar refractivity (Wildman–Crippen MR) is 79.4 cm³/mol. The molecule has 0 fully saturated rings. The third-order valence-electron chi connectivity index (χ3n) is 2.78. The van der Waals surface area contributed by atoms with E-state index < -0.39 is 10.7 Å². The van der Waals surface area contributed by atoms with Gasteiger partial charge < -0.3 is 10.5 Å². The number of ether oxygens (including phenoxy) is 1. The van der Waals surface area contributed by atoms with Crippen LogP contribution in [0.2, 0.25) is 0 Å². The highest BCUT2D eigenvalue weighted by Crippen LogP contribution is 2.27. The molecule has 110 valence electrons. The number of halogens is 2. The van der Waals surface area contributed by atoms with Crippen molar-refractivity contribution in [2.45, 2.75) is 13.2 Å². The number of nitrogens with zero attached hydrogens (tertiary/aromatic N) is 1. The summed E-state index contributed by atoms with van der Waals surface area (Å²) in [6.45, 7) is 0.439. The summed E-state index contributed by atoms with van der Waals surface area (Å²) < 4.78 is 19.6. The van der Waals surface area contributed by atoms with Crippen molar-refractivity contribution in [3.05, 3.63) is 67.9 Å². The van der Waals surface area contributed by atoms with Gasteiger partial charge in [-0.25, -0.2) is 4.39 Å². The number of nitro benzene ring substituents is 1. The molecule has 21 heavy (non-hydrogen) atoms. The molecule has 0 aromatic heterocycles. The van der Waals surface area contributed by atoms with Crippen molar-refractivity contribution in [1.29, 1.82) is 0 Å². The molecule has 0 amide bonds. The zero-order valence-corrected chi connectivity index (χ0v) is 12.5. The number of non-ortho nitro benzene ring substituents is 1. The zero-order valence-electron chi connectivity index (χ0n) is 10.9. The first kappa shape index (κ1) is 15.4. The van der Waals surface area contributed by atoms with Crippen LogP contribution in [0.5, 0.6) is 5.75 Å². The summed E-state index contributed by atoms with van der Waals surface area (Å²) in [4.78, 5) is 10.0. The summed E-state index contributed by atoms with van der Waals surface area (Å²) in [5.74, 6) is -0.112. The van der Waals surface area contributed by atoms with E-state index in [1.54, 1.807) is 6.07 Å². The average molecular weight is 355 g/mol. The monoisotopic (exact) mass is 354 g/mol. The molecule has 5 nitrogen and oxygen atoms in total. The fraction of sp³-hybridized carbons (Fsp3) is 0.143. The molecular formula is C14H12BrFN2O3. The Morgan fingerprint density at radius 1 is 1.24 bits per heavy atom. The number of rotatable bonds is 5. The van der Waals surface area contributed by atoms with Crippen LogP contribution in [-0.2, 0) is 13.2 Å². The molecule has 2 aromatic carbocycles. The van der Waals surface area contributed by atoms with Crippen molar-refractivity contribution in [2.75, 3.05) is 0 Å². The van der Waals surface area contributed by atoms with Gasteiger partial charge in [0.1, 0.15) is 18.2 Å². The fourth-order valence-electron chi connectivity index (χ4n) is 1.77. The summed E-state index contributed by atoms with van der Waals surface area (Å²) in [6, 6.07) is 8.73. The molecule has 0 aliphatic carbocycles. The normalized spacial score (nSPS) is 10.4. The Balaban J connectivity index is 2.14. The van der Waals surface area contributed by atoms with Gasteiger partial charge in [0.15, 0.2) is 0 Å². The Hall–Kier alpha value is -1.99. The van der Waals surface area contributed by atoms with Gasteiger partial charge in [0, 0.05) is 12.6 Å². The van der Waals surface area contributed by atoms with Crippen molar-refractivity contribution in [1.82, 2.24) is 0 Å². The van der Waals surface area contributed by atoms with Gasteiger partial charge in [0.2, 0.25) is 0 Å². The molecule has 0 unspecified atom stereocenters. The van der Waals surface area contributed by atoms with Crippen molar-refractivity contribution >= 4 is 21.6 Å². The van der Waals surface area contributed by atoms with E-state index in [9.17, 15) is 14.5 Å². The Morgan fingerprint density at radius 3 is 2.62 bits per heavy atom. The van der Waals surface area contributed by atoms with Crippen LogP contribution in [0, 0.1) is 15.9 Å². The molecule has 0 spiro atoms. The van der Waals surface area contributed by atoms with E-state index in [0.29, 0.717) is 17.9 Å². The summed E-state index contributed by atoms with van der Waals surface area (Å²) in [7, 11) is 0. The quantitative estimate of drug-likeness (QED) is 0.657. The Kier molecular flexibility index (Phi) is 4.87. The van der Waals surface area contributed by atoms with Gasteiger partial charge in [0.05, 0.1) is 15.5 Å². The minimum atomic E-state index is -0.666. The molecule has 7 heteroatoms. The number of hydrogen-bond acceptors (Lipinski definition) is 4. The summed E-state index contributed by atoms with van der Waals surface area (Å²) in [5.41, 5.74) is 6.55. The number of nitrogens with two attached hydrogens (primary N) is 1. The van der Waals surface area contributed by atoms with Crippen molar-refractivity contribution in [3.8, 4) is 5.75 Å². The second kappa shape index (κ2) is 6.64. The van der Waals surface area contributed by atoms with Gasteiger partial charge in [-0.3, -0.25) is 10.1 Å². The lowest BCUT2D eigenvalue weighted by Gasteiger charge is -2.09. The largest absolute Gasteiger partial charge is 0.488 e. The summed E-state index contributed by atoms with van der Waals surface area (Å²) in [6.07, 6.45) is 0. The Morgan fingerprint density at radius 2 is 2.00 bits per heavy atom. The number of nitro groups is 1. The van der Waals surface area contributed by atoms with Gasteiger partial charge in [-0.15, -0.1) is 0 Å². The van der Waals surface area contributed by atoms with Crippen LogP contribution in [0.1, 0.15) is 11.1 Å². The smallest absolute Gasteiger partial charge is 0.272 e. The minimum Gasteiger partial charge on any atom is -0.488 e. The second-order valence-corrected chi connectivity index (χ2v) is 5.19. The van der Waals surface area contributed by atoms with Crippen molar-refractivity contribution in [3.63, 3.8) is 0 Å². The molecule has 0 aliphatic heterocycles. The van der Waals surface area contributed by atoms with Gasteiger partial charge >= 0.3 is 0 Å². The molecule has 0 radical (unpaired) electrons. The second-order valence-electron chi connectivity index (χ2n) is 4.33.